The van der Waals surface area contributed by atoms with Gasteiger partial charge in [0.2, 0.25) is 0 Å². The van der Waals surface area contributed by atoms with E-state index in [2.05, 4.69) is 4.52 Å². The van der Waals surface area contributed by atoms with Gasteiger partial charge in [-0.15, -0.1) is 0 Å². The van der Waals surface area contributed by atoms with Crippen molar-refractivity contribution in [3.05, 3.63) is 0 Å². The molecule has 0 spiro atoms. The molecule has 0 aliphatic carbocycles. The summed E-state index contributed by atoms with van der Waals surface area (Å²) in [4.78, 5) is 27.4. The van der Waals surface area contributed by atoms with E-state index in [9.17, 15) is 9.36 Å². The molecule has 0 unspecified atom stereocenters. The predicted octanol–water partition coefficient (Wildman–Crippen LogP) is 1.22. The Morgan fingerprint density at radius 2 is 1.80 bits per heavy atom. The van der Waals surface area contributed by atoms with Crippen LogP contribution in [0.3, 0.4) is 0 Å². The minimum absolute atomic E-state index is 0.0198. The second-order valence-corrected chi connectivity index (χ2v) is 4.20. The highest BCUT2D eigenvalue weighted by Crippen LogP contribution is 2.35. The fraction of sp³-hybridized carbons (Fsp3) is 0.875. The van der Waals surface area contributed by atoms with Gasteiger partial charge in [-0.3, -0.25) is 9.32 Å². The van der Waals surface area contributed by atoms with Gasteiger partial charge in [0.25, 0.3) is 0 Å². The molecular formula is C8H17O6P. The van der Waals surface area contributed by atoms with Crippen molar-refractivity contribution in [3.8, 4) is 0 Å². The lowest BCUT2D eigenvalue weighted by atomic mass is 10.2. The lowest BCUT2D eigenvalue weighted by Crippen LogP contribution is -2.04. The molecule has 0 aromatic rings. The van der Waals surface area contributed by atoms with Gasteiger partial charge in [0.05, 0.1) is 13.2 Å². The number of phosphoric acid groups is 1. The molecule has 0 aromatic carbocycles. The van der Waals surface area contributed by atoms with Gasteiger partial charge >= 0.3 is 13.8 Å². The van der Waals surface area contributed by atoms with Crippen LogP contribution in [0.4, 0.5) is 0 Å². The number of phosphoric ester groups is 1. The van der Waals surface area contributed by atoms with Gasteiger partial charge in [-0.2, -0.15) is 0 Å². The maximum atomic E-state index is 10.7. The smallest absolute Gasteiger partial charge is 0.466 e. The Kier molecular flexibility index (Phi) is 7.60. The molecular weight excluding hydrogens is 223 g/mol. The Balaban J connectivity index is 3.19. The van der Waals surface area contributed by atoms with Gasteiger partial charge < -0.3 is 14.5 Å². The molecule has 0 rings (SSSR count). The third-order valence-corrected chi connectivity index (χ3v) is 2.12. The number of rotatable bonds is 8. The Labute approximate surface area is 88.8 Å². The predicted molar refractivity (Wildman–Crippen MR) is 53.1 cm³/mol. The van der Waals surface area contributed by atoms with Crippen molar-refractivity contribution < 1.29 is 28.4 Å². The molecule has 0 saturated carbocycles. The van der Waals surface area contributed by atoms with Gasteiger partial charge in [-0.25, -0.2) is 4.57 Å². The Hall–Kier alpha value is -0.420. The number of esters is 1. The quantitative estimate of drug-likeness (QED) is 0.376. The summed E-state index contributed by atoms with van der Waals surface area (Å²) >= 11 is 0. The van der Waals surface area contributed by atoms with Crippen LogP contribution >= 0.6 is 7.82 Å². The maximum Gasteiger partial charge on any atom is 0.469 e. The highest BCUT2D eigenvalue weighted by Gasteiger charge is 2.12. The van der Waals surface area contributed by atoms with Crippen LogP contribution in [-0.4, -0.2) is 29.0 Å². The van der Waals surface area contributed by atoms with Crippen LogP contribution in [0.2, 0.25) is 0 Å². The van der Waals surface area contributed by atoms with E-state index in [1.54, 1.807) is 6.92 Å². The largest absolute Gasteiger partial charge is 0.469 e. The van der Waals surface area contributed by atoms with Gasteiger partial charge in [0.1, 0.15) is 0 Å². The van der Waals surface area contributed by atoms with Crippen molar-refractivity contribution in [2.45, 2.75) is 32.6 Å². The summed E-state index contributed by atoms with van der Waals surface area (Å²) in [5, 5.41) is 0. The van der Waals surface area contributed by atoms with Gasteiger partial charge in [-0.1, -0.05) is 6.92 Å². The summed E-state index contributed by atoms with van der Waals surface area (Å²) in [6.45, 7) is 2.09. The SMILES string of the molecule is CCC(=O)OCCCCCOP(=O)(O)O. The van der Waals surface area contributed by atoms with Crippen LogP contribution in [0.15, 0.2) is 0 Å². The molecule has 0 atom stereocenters. The number of hydrogen-bond acceptors (Lipinski definition) is 4. The Bertz CT molecular complexity index is 223. The normalized spacial score (nSPS) is 11.4. The first-order valence-electron chi connectivity index (χ1n) is 4.81. The highest BCUT2D eigenvalue weighted by atomic mass is 31.2. The van der Waals surface area contributed by atoms with Crippen molar-refractivity contribution >= 4 is 13.8 Å². The molecule has 0 heterocycles. The fourth-order valence-electron chi connectivity index (χ4n) is 0.852. The average Bonchev–Trinajstić information content (AvgIpc) is 2.14. The van der Waals surface area contributed by atoms with E-state index in [-0.39, 0.29) is 12.6 Å². The lowest BCUT2D eigenvalue weighted by molar-refractivity contribution is -0.143. The number of carbonyl (C=O) groups excluding carboxylic acids is 1. The standard InChI is InChI=1S/C8H17O6P/c1-2-8(9)13-6-4-3-5-7-14-15(10,11)12/h2-7H2,1H3,(H2,10,11,12). The van der Waals surface area contributed by atoms with Gasteiger partial charge in [-0.05, 0) is 19.3 Å². The van der Waals surface area contributed by atoms with E-state index in [0.29, 0.717) is 32.3 Å². The van der Waals surface area contributed by atoms with Gasteiger partial charge in [0.15, 0.2) is 0 Å². The topological polar surface area (TPSA) is 93.1 Å². The zero-order chi connectivity index (χ0) is 11.7. The minimum Gasteiger partial charge on any atom is -0.466 e. The average molecular weight is 240 g/mol. The van der Waals surface area contributed by atoms with Crippen LogP contribution in [0.25, 0.3) is 0 Å². The van der Waals surface area contributed by atoms with Crippen LogP contribution in [0.5, 0.6) is 0 Å². The first-order chi connectivity index (χ1) is 6.95. The molecule has 15 heavy (non-hydrogen) atoms. The zero-order valence-corrected chi connectivity index (χ0v) is 9.61. The molecule has 0 fully saturated rings. The van der Waals surface area contributed by atoms with E-state index in [1.165, 1.54) is 0 Å². The van der Waals surface area contributed by atoms with E-state index < -0.39 is 7.82 Å². The molecule has 0 aromatic heterocycles. The van der Waals surface area contributed by atoms with Crippen molar-refractivity contribution in [2.24, 2.45) is 0 Å². The monoisotopic (exact) mass is 240 g/mol. The molecule has 0 amide bonds. The fourth-order valence-corrected chi connectivity index (χ4v) is 1.22. The zero-order valence-electron chi connectivity index (χ0n) is 8.72. The first-order valence-corrected chi connectivity index (χ1v) is 6.34. The number of hydrogen-bond donors (Lipinski definition) is 2. The second-order valence-electron chi connectivity index (χ2n) is 2.96. The van der Waals surface area contributed by atoms with Crippen molar-refractivity contribution in [1.29, 1.82) is 0 Å². The number of unbranched alkanes of at least 4 members (excludes halogenated alkanes) is 2. The van der Waals surface area contributed by atoms with E-state index in [4.69, 9.17) is 14.5 Å². The van der Waals surface area contributed by atoms with Crippen molar-refractivity contribution in [3.63, 3.8) is 0 Å². The van der Waals surface area contributed by atoms with E-state index >= 15 is 0 Å². The van der Waals surface area contributed by atoms with Crippen LogP contribution in [-0.2, 0) is 18.6 Å². The Morgan fingerprint density at radius 1 is 1.20 bits per heavy atom. The molecule has 2 N–H and O–H groups in total. The Morgan fingerprint density at radius 3 is 2.33 bits per heavy atom. The van der Waals surface area contributed by atoms with Crippen LogP contribution in [0.1, 0.15) is 32.6 Å². The molecule has 0 radical (unpaired) electrons. The molecule has 0 saturated heterocycles. The van der Waals surface area contributed by atoms with E-state index in [1.807, 2.05) is 0 Å². The minimum atomic E-state index is -4.33. The van der Waals surface area contributed by atoms with Crippen molar-refractivity contribution in [2.75, 3.05) is 13.2 Å². The second kappa shape index (κ2) is 7.82. The lowest BCUT2D eigenvalue weighted by Gasteiger charge is -2.05. The first kappa shape index (κ1) is 14.6. The van der Waals surface area contributed by atoms with Gasteiger partial charge in [0, 0.05) is 6.42 Å². The molecule has 0 aliphatic heterocycles. The summed E-state index contributed by atoms with van der Waals surface area (Å²) in [5.41, 5.74) is 0. The third-order valence-electron chi connectivity index (χ3n) is 1.60. The van der Waals surface area contributed by atoms with Crippen LogP contribution in [0, 0.1) is 0 Å². The maximum absolute atomic E-state index is 10.7. The van der Waals surface area contributed by atoms with E-state index in [0.717, 1.165) is 0 Å². The molecule has 0 bridgehead atoms. The summed E-state index contributed by atoms with van der Waals surface area (Å²) in [6, 6.07) is 0. The third kappa shape index (κ3) is 11.5. The summed E-state index contributed by atoms with van der Waals surface area (Å²) in [5.74, 6) is -0.235. The summed E-state index contributed by atoms with van der Waals surface area (Å²) in [6.07, 6.45) is 2.28. The number of carbonyl (C=O) groups is 1. The number of ether oxygens (including phenoxy) is 1. The van der Waals surface area contributed by atoms with Crippen LogP contribution < -0.4 is 0 Å². The summed E-state index contributed by atoms with van der Waals surface area (Å²) in [7, 11) is -4.33. The molecule has 0 aliphatic rings. The highest BCUT2D eigenvalue weighted by molar-refractivity contribution is 7.46. The summed E-state index contributed by atoms with van der Waals surface area (Å²) < 4.78 is 19.3. The molecule has 90 valence electrons. The van der Waals surface area contributed by atoms with Crippen molar-refractivity contribution in [1.82, 2.24) is 0 Å². The molecule has 7 heteroatoms. The molecule has 6 nitrogen and oxygen atoms in total.